The molecule has 5 nitrogen and oxygen atoms in total. The summed E-state index contributed by atoms with van der Waals surface area (Å²) in [7, 11) is 0. The van der Waals surface area contributed by atoms with E-state index in [0.717, 1.165) is 9.37 Å². The van der Waals surface area contributed by atoms with Crippen LogP contribution in [0.5, 0.6) is 0 Å². The lowest BCUT2D eigenvalue weighted by atomic mass is 10.3. The minimum Gasteiger partial charge on any atom is -0.395 e. The van der Waals surface area contributed by atoms with Crippen molar-refractivity contribution in [3.05, 3.63) is 34.4 Å². The molecule has 1 heterocycles. The average Bonchev–Trinajstić information content (AvgIpc) is 2.61. The van der Waals surface area contributed by atoms with Gasteiger partial charge in [-0.05, 0) is 18.2 Å². The monoisotopic (exact) mass is 342 g/mol. The minimum atomic E-state index is -0.449. The SMILES string of the molecule is O=C1C=C(Nc2ccc(Br)cc2S)C(=O)N1CCO. The number of carbonyl (C=O) groups excluding carboxylic acids is 2. The van der Waals surface area contributed by atoms with E-state index in [9.17, 15) is 9.59 Å². The van der Waals surface area contributed by atoms with Crippen LogP contribution in [0, 0.1) is 0 Å². The Kier molecular flexibility index (Phi) is 4.28. The number of aliphatic hydroxyl groups excluding tert-OH is 1. The number of β-amino-alcohol motifs (C(OH)–C–C–N with tert-alkyl or cyclic N) is 1. The van der Waals surface area contributed by atoms with Gasteiger partial charge in [0, 0.05) is 15.4 Å². The van der Waals surface area contributed by atoms with E-state index < -0.39 is 11.8 Å². The molecule has 0 saturated carbocycles. The number of hydrogen-bond acceptors (Lipinski definition) is 5. The molecule has 1 aromatic carbocycles. The summed E-state index contributed by atoms with van der Waals surface area (Å²) in [4.78, 5) is 25.1. The molecule has 0 radical (unpaired) electrons. The summed E-state index contributed by atoms with van der Waals surface area (Å²) in [5, 5.41) is 11.7. The van der Waals surface area contributed by atoms with Gasteiger partial charge in [0.05, 0.1) is 18.8 Å². The third-order valence-corrected chi connectivity index (χ3v) is 3.43. The molecule has 2 amide bonds. The largest absolute Gasteiger partial charge is 0.395 e. The van der Waals surface area contributed by atoms with Gasteiger partial charge >= 0.3 is 0 Å². The molecule has 7 heteroatoms. The van der Waals surface area contributed by atoms with E-state index >= 15 is 0 Å². The quantitative estimate of drug-likeness (QED) is 0.571. The van der Waals surface area contributed by atoms with Gasteiger partial charge in [-0.1, -0.05) is 15.9 Å². The molecule has 2 N–H and O–H groups in total. The molecular formula is C12H11BrN2O3S. The number of halogens is 1. The van der Waals surface area contributed by atoms with Crippen molar-refractivity contribution in [3.63, 3.8) is 0 Å². The number of aliphatic hydroxyl groups is 1. The van der Waals surface area contributed by atoms with E-state index in [1.54, 1.807) is 18.2 Å². The predicted molar refractivity (Wildman–Crippen MR) is 76.9 cm³/mol. The smallest absolute Gasteiger partial charge is 0.277 e. The first-order chi connectivity index (χ1) is 9.02. The van der Waals surface area contributed by atoms with Gasteiger partial charge in [0.15, 0.2) is 0 Å². The van der Waals surface area contributed by atoms with Gasteiger partial charge in [-0.2, -0.15) is 0 Å². The Labute approximate surface area is 123 Å². The summed E-state index contributed by atoms with van der Waals surface area (Å²) in [5.41, 5.74) is 0.806. The van der Waals surface area contributed by atoms with Gasteiger partial charge in [-0.15, -0.1) is 12.6 Å². The van der Waals surface area contributed by atoms with Gasteiger partial charge in [0.2, 0.25) is 0 Å². The van der Waals surface area contributed by atoms with Crippen molar-refractivity contribution in [3.8, 4) is 0 Å². The second kappa shape index (κ2) is 5.77. The van der Waals surface area contributed by atoms with E-state index in [1.165, 1.54) is 6.08 Å². The number of imide groups is 1. The number of amides is 2. The first-order valence-corrected chi connectivity index (χ1v) is 6.71. The summed E-state index contributed by atoms with van der Waals surface area (Å²) in [6.45, 7) is -0.262. The molecular weight excluding hydrogens is 332 g/mol. The Morgan fingerprint density at radius 3 is 2.74 bits per heavy atom. The summed E-state index contributed by atoms with van der Waals surface area (Å²) < 4.78 is 0.868. The number of benzene rings is 1. The normalized spacial score (nSPS) is 14.9. The van der Waals surface area contributed by atoms with E-state index in [0.29, 0.717) is 10.6 Å². The second-order valence-electron chi connectivity index (χ2n) is 3.86. The Hall–Kier alpha value is -1.31. The number of nitrogens with zero attached hydrogens (tertiary/aromatic N) is 1. The lowest BCUT2D eigenvalue weighted by molar-refractivity contribution is -0.137. The van der Waals surface area contributed by atoms with E-state index in [4.69, 9.17) is 5.11 Å². The number of anilines is 1. The van der Waals surface area contributed by atoms with Crippen LogP contribution in [0.15, 0.2) is 39.3 Å². The first-order valence-electron chi connectivity index (χ1n) is 5.47. The maximum absolute atomic E-state index is 11.9. The third kappa shape index (κ3) is 2.99. The highest BCUT2D eigenvalue weighted by Crippen LogP contribution is 2.26. The Bertz CT molecular complexity index is 574. The minimum absolute atomic E-state index is 0.00653. The zero-order valence-corrected chi connectivity index (χ0v) is 12.2. The number of nitrogens with one attached hydrogen (secondary N) is 1. The zero-order valence-electron chi connectivity index (χ0n) is 9.76. The fourth-order valence-electron chi connectivity index (χ4n) is 1.67. The molecule has 100 valence electrons. The van der Waals surface area contributed by atoms with Crippen LogP contribution in [-0.4, -0.2) is 35.0 Å². The van der Waals surface area contributed by atoms with Crippen molar-refractivity contribution in [1.82, 2.24) is 4.90 Å². The summed E-state index contributed by atoms with van der Waals surface area (Å²) in [5.74, 6) is -0.880. The fraction of sp³-hybridized carbons (Fsp3) is 0.167. The van der Waals surface area contributed by atoms with Crippen LogP contribution in [0.25, 0.3) is 0 Å². The zero-order chi connectivity index (χ0) is 14.0. The van der Waals surface area contributed by atoms with Crippen LogP contribution < -0.4 is 5.32 Å². The second-order valence-corrected chi connectivity index (χ2v) is 5.26. The molecule has 0 saturated heterocycles. The van der Waals surface area contributed by atoms with E-state index in [1.807, 2.05) is 0 Å². The standard InChI is InChI=1S/C12H11BrN2O3S/c13-7-1-2-8(10(19)5-7)14-9-6-11(17)15(3-4-16)12(9)18/h1-2,5-6,14,16,19H,3-4H2. The summed E-state index contributed by atoms with van der Waals surface area (Å²) in [6.07, 6.45) is 1.22. The van der Waals surface area contributed by atoms with Gasteiger partial charge in [-0.3, -0.25) is 14.5 Å². The van der Waals surface area contributed by atoms with Gasteiger partial charge < -0.3 is 10.4 Å². The van der Waals surface area contributed by atoms with Crippen LogP contribution in [0.4, 0.5) is 5.69 Å². The molecule has 0 atom stereocenters. The highest BCUT2D eigenvalue weighted by atomic mass is 79.9. The van der Waals surface area contributed by atoms with E-state index in [-0.39, 0.29) is 18.8 Å². The molecule has 0 unspecified atom stereocenters. The van der Waals surface area contributed by atoms with Crippen molar-refractivity contribution in [2.75, 3.05) is 18.5 Å². The maximum atomic E-state index is 11.9. The first kappa shape index (κ1) is 14.1. The van der Waals surface area contributed by atoms with Crippen LogP contribution in [0.1, 0.15) is 0 Å². The molecule has 1 aliphatic rings. The molecule has 1 aromatic rings. The molecule has 2 rings (SSSR count). The van der Waals surface area contributed by atoms with Crippen molar-refractivity contribution in [2.45, 2.75) is 4.90 Å². The van der Waals surface area contributed by atoms with Crippen molar-refractivity contribution >= 4 is 46.1 Å². The average molecular weight is 343 g/mol. The lowest BCUT2D eigenvalue weighted by Gasteiger charge is -2.14. The lowest BCUT2D eigenvalue weighted by Crippen LogP contribution is -2.34. The highest BCUT2D eigenvalue weighted by Gasteiger charge is 2.30. The summed E-state index contributed by atoms with van der Waals surface area (Å²) in [6, 6.07) is 5.33. The van der Waals surface area contributed by atoms with Crippen LogP contribution in [0.2, 0.25) is 0 Å². The van der Waals surface area contributed by atoms with Crippen LogP contribution >= 0.6 is 28.6 Å². The number of thiol groups is 1. The topological polar surface area (TPSA) is 69.6 Å². The fourth-order valence-corrected chi connectivity index (χ4v) is 2.47. The Morgan fingerprint density at radius 2 is 2.11 bits per heavy atom. The molecule has 1 aliphatic heterocycles. The summed E-state index contributed by atoms with van der Waals surface area (Å²) >= 11 is 7.60. The Balaban J connectivity index is 2.18. The number of hydrogen-bond donors (Lipinski definition) is 3. The molecule has 0 bridgehead atoms. The predicted octanol–water partition coefficient (Wildman–Crippen LogP) is 1.39. The van der Waals surface area contributed by atoms with Crippen molar-refractivity contribution < 1.29 is 14.7 Å². The van der Waals surface area contributed by atoms with Gasteiger partial charge in [0.1, 0.15) is 5.70 Å². The molecule has 0 fully saturated rings. The van der Waals surface area contributed by atoms with Crippen LogP contribution in [0.3, 0.4) is 0 Å². The number of carbonyl (C=O) groups is 2. The van der Waals surface area contributed by atoms with Gasteiger partial charge in [-0.25, -0.2) is 0 Å². The number of rotatable bonds is 4. The van der Waals surface area contributed by atoms with Crippen LogP contribution in [-0.2, 0) is 9.59 Å². The maximum Gasteiger partial charge on any atom is 0.277 e. The molecule has 0 aromatic heterocycles. The van der Waals surface area contributed by atoms with E-state index in [2.05, 4.69) is 33.9 Å². The highest BCUT2D eigenvalue weighted by molar-refractivity contribution is 9.10. The molecule has 0 spiro atoms. The van der Waals surface area contributed by atoms with Crippen molar-refractivity contribution in [2.24, 2.45) is 0 Å². The van der Waals surface area contributed by atoms with Gasteiger partial charge in [0.25, 0.3) is 11.8 Å². The molecule has 0 aliphatic carbocycles. The van der Waals surface area contributed by atoms with Crippen molar-refractivity contribution in [1.29, 1.82) is 0 Å². The third-order valence-electron chi connectivity index (χ3n) is 2.56. The Morgan fingerprint density at radius 1 is 1.37 bits per heavy atom. The molecule has 19 heavy (non-hydrogen) atoms.